The molecule has 2 aliphatic heterocycles. The Kier molecular flexibility index (Phi) is 4.44. The maximum atomic E-state index is 12.0. The summed E-state index contributed by atoms with van der Waals surface area (Å²) in [5, 5.41) is 23.7. The fourth-order valence-corrected chi connectivity index (χ4v) is 3.30. The summed E-state index contributed by atoms with van der Waals surface area (Å²) in [6.45, 7) is 0.622. The third-order valence-corrected chi connectivity index (χ3v) is 4.73. The fourth-order valence-electron chi connectivity index (χ4n) is 3.30. The number of carbonyl (C=O) groups excluding carboxylic acids is 1. The van der Waals surface area contributed by atoms with Gasteiger partial charge in [-0.3, -0.25) is 9.36 Å². The first-order chi connectivity index (χ1) is 12.6. The normalized spacial score (nSPS) is 31.5. The maximum absolute atomic E-state index is 12.0. The van der Waals surface area contributed by atoms with E-state index in [1.165, 1.54) is 17.2 Å². The molecular weight excluding hydrogens is 344 g/mol. The van der Waals surface area contributed by atoms with Gasteiger partial charge in [0.2, 0.25) is 0 Å². The Hall–Kier alpha value is -2.34. The van der Waals surface area contributed by atoms with Crippen LogP contribution in [-0.2, 0) is 14.3 Å². The smallest absolute Gasteiger partial charge is 0.323 e. The largest absolute Gasteiger partial charge is 0.462 e. The molecule has 0 amide bonds. The zero-order valence-corrected chi connectivity index (χ0v) is 13.9. The van der Waals surface area contributed by atoms with Crippen LogP contribution in [0.3, 0.4) is 0 Å². The zero-order chi connectivity index (χ0) is 18.3. The molecule has 0 aliphatic carbocycles. The van der Waals surface area contributed by atoms with Gasteiger partial charge in [0.1, 0.15) is 42.8 Å². The summed E-state index contributed by atoms with van der Waals surface area (Å²) < 4.78 is 12.4. The van der Waals surface area contributed by atoms with Crippen molar-refractivity contribution in [3.05, 3.63) is 12.7 Å². The SMILES string of the molecule is Nc1ncnc2c1ncn2[C@@H]1O[C@H](COC(=O)[C@@H]2CCCN2)[C@H](O)[C@H]1O. The number of aliphatic hydroxyl groups is 2. The quantitative estimate of drug-likeness (QED) is 0.462. The van der Waals surface area contributed by atoms with Crippen molar-refractivity contribution in [2.24, 2.45) is 0 Å². The predicted molar refractivity (Wildman–Crippen MR) is 87.6 cm³/mol. The number of esters is 1. The molecule has 0 saturated carbocycles. The number of carbonyl (C=O) groups is 1. The van der Waals surface area contributed by atoms with Gasteiger partial charge in [-0.15, -0.1) is 0 Å². The molecule has 2 fully saturated rings. The zero-order valence-electron chi connectivity index (χ0n) is 13.9. The Labute approximate surface area is 148 Å². The summed E-state index contributed by atoms with van der Waals surface area (Å²) in [7, 11) is 0. The molecule has 2 aromatic heterocycles. The number of ether oxygens (including phenoxy) is 2. The Morgan fingerprint density at radius 3 is 3.00 bits per heavy atom. The topological polar surface area (TPSA) is 158 Å². The van der Waals surface area contributed by atoms with Crippen LogP contribution >= 0.6 is 0 Å². The number of nitrogens with one attached hydrogen (secondary N) is 1. The first kappa shape index (κ1) is 17.1. The number of nitrogen functional groups attached to an aromatic ring is 1. The highest BCUT2D eigenvalue weighted by atomic mass is 16.6. The highest BCUT2D eigenvalue weighted by Crippen LogP contribution is 2.32. The van der Waals surface area contributed by atoms with E-state index in [0.717, 1.165) is 19.4 Å². The van der Waals surface area contributed by atoms with Crippen molar-refractivity contribution < 1.29 is 24.5 Å². The highest BCUT2D eigenvalue weighted by Gasteiger charge is 2.45. The number of nitrogens with zero attached hydrogens (tertiary/aromatic N) is 4. The van der Waals surface area contributed by atoms with Crippen molar-refractivity contribution in [1.82, 2.24) is 24.8 Å². The molecule has 140 valence electrons. The molecule has 5 N–H and O–H groups in total. The Bertz CT molecular complexity index is 807. The van der Waals surface area contributed by atoms with Crippen molar-refractivity contribution in [2.45, 2.75) is 43.4 Å². The van der Waals surface area contributed by atoms with Crippen LogP contribution in [0.25, 0.3) is 11.2 Å². The number of imidazole rings is 1. The van der Waals surface area contributed by atoms with Gasteiger partial charge in [0, 0.05) is 0 Å². The van der Waals surface area contributed by atoms with Gasteiger partial charge in [0.05, 0.1) is 6.33 Å². The van der Waals surface area contributed by atoms with Crippen LogP contribution < -0.4 is 11.1 Å². The fraction of sp³-hybridized carbons (Fsp3) is 0.600. The van der Waals surface area contributed by atoms with Crippen molar-refractivity contribution in [3.8, 4) is 0 Å². The lowest BCUT2D eigenvalue weighted by Crippen LogP contribution is -2.37. The summed E-state index contributed by atoms with van der Waals surface area (Å²) in [4.78, 5) is 24.1. The van der Waals surface area contributed by atoms with E-state index in [2.05, 4.69) is 20.3 Å². The second-order valence-corrected chi connectivity index (χ2v) is 6.41. The number of fused-ring (bicyclic) bond motifs is 1. The van der Waals surface area contributed by atoms with E-state index in [1.807, 2.05) is 0 Å². The average Bonchev–Trinajstić information content (AvgIpc) is 3.35. The molecule has 0 unspecified atom stereocenters. The molecule has 2 aromatic rings. The Morgan fingerprint density at radius 2 is 2.23 bits per heavy atom. The molecule has 0 aromatic carbocycles. The number of aromatic nitrogens is 4. The molecule has 0 radical (unpaired) electrons. The van der Waals surface area contributed by atoms with E-state index < -0.39 is 24.5 Å². The molecule has 2 aliphatic rings. The maximum Gasteiger partial charge on any atom is 0.323 e. The number of nitrogens with two attached hydrogens (primary N) is 1. The second kappa shape index (κ2) is 6.76. The molecule has 11 nitrogen and oxygen atoms in total. The van der Waals surface area contributed by atoms with Crippen LogP contribution in [0.15, 0.2) is 12.7 Å². The summed E-state index contributed by atoms with van der Waals surface area (Å²) in [5.41, 5.74) is 6.51. The summed E-state index contributed by atoms with van der Waals surface area (Å²) in [6.07, 6.45) is 0.0731. The molecule has 5 atom stereocenters. The molecule has 4 heterocycles. The number of rotatable bonds is 4. The van der Waals surface area contributed by atoms with E-state index in [9.17, 15) is 15.0 Å². The lowest BCUT2D eigenvalue weighted by Gasteiger charge is -2.17. The minimum atomic E-state index is -1.24. The lowest BCUT2D eigenvalue weighted by atomic mass is 10.1. The Balaban J connectivity index is 1.47. The van der Waals surface area contributed by atoms with Crippen LogP contribution in [0.2, 0.25) is 0 Å². The third kappa shape index (κ3) is 2.88. The van der Waals surface area contributed by atoms with E-state index >= 15 is 0 Å². The lowest BCUT2D eigenvalue weighted by molar-refractivity contribution is -0.152. The van der Waals surface area contributed by atoms with Crippen LogP contribution in [0, 0.1) is 0 Å². The van der Waals surface area contributed by atoms with Crippen molar-refractivity contribution in [3.63, 3.8) is 0 Å². The highest BCUT2D eigenvalue weighted by molar-refractivity contribution is 5.81. The van der Waals surface area contributed by atoms with Gasteiger partial charge < -0.3 is 30.7 Å². The molecule has 4 rings (SSSR count). The van der Waals surface area contributed by atoms with Gasteiger partial charge >= 0.3 is 5.97 Å². The van der Waals surface area contributed by atoms with Gasteiger partial charge in [-0.2, -0.15) is 0 Å². The molecular formula is C15H20N6O5. The van der Waals surface area contributed by atoms with Crippen LogP contribution in [-0.4, -0.2) is 73.2 Å². The summed E-state index contributed by atoms with van der Waals surface area (Å²) in [6, 6.07) is -0.327. The molecule has 2 saturated heterocycles. The van der Waals surface area contributed by atoms with E-state index in [-0.39, 0.29) is 24.4 Å². The number of anilines is 1. The molecule has 0 spiro atoms. The second-order valence-electron chi connectivity index (χ2n) is 6.41. The van der Waals surface area contributed by atoms with E-state index in [1.54, 1.807) is 0 Å². The third-order valence-electron chi connectivity index (χ3n) is 4.73. The number of hydrogen-bond acceptors (Lipinski definition) is 10. The Morgan fingerprint density at radius 1 is 1.38 bits per heavy atom. The van der Waals surface area contributed by atoms with Crippen molar-refractivity contribution >= 4 is 23.0 Å². The van der Waals surface area contributed by atoms with Gasteiger partial charge in [0.25, 0.3) is 0 Å². The predicted octanol–water partition coefficient (Wildman–Crippen LogP) is -1.68. The van der Waals surface area contributed by atoms with E-state index in [4.69, 9.17) is 15.2 Å². The van der Waals surface area contributed by atoms with Gasteiger partial charge in [-0.25, -0.2) is 15.0 Å². The first-order valence-electron chi connectivity index (χ1n) is 8.41. The van der Waals surface area contributed by atoms with Crippen LogP contribution in [0.4, 0.5) is 5.82 Å². The van der Waals surface area contributed by atoms with Crippen LogP contribution in [0.1, 0.15) is 19.1 Å². The molecule has 11 heteroatoms. The van der Waals surface area contributed by atoms with Crippen molar-refractivity contribution in [2.75, 3.05) is 18.9 Å². The van der Waals surface area contributed by atoms with Crippen LogP contribution in [0.5, 0.6) is 0 Å². The monoisotopic (exact) mass is 364 g/mol. The molecule has 26 heavy (non-hydrogen) atoms. The molecule has 0 bridgehead atoms. The summed E-state index contributed by atoms with van der Waals surface area (Å²) in [5.74, 6) is -0.179. The average molecular weight is 364 g/mol. The summed E-state index contributed by atoms with van der Waals surface area (Å²) >= 11 is 0. The van der Waals surface area contributed by atoms with Gasteiger partial charge in [-0.05, 0) is 19.4 Å². The minimum absolute atomic E-state index is 0.157. The van der Waals surface area contributed by atoms with E-state index in [0.29, 0.717) is 11.2 Å². The minimum Gasteiger partial charge on any atom is -0.462 e. The van der Waals surface area contributed by atoms with Gasteiger partial charge in [-0.1, -0.05) is 0 Å². The van der Waals surface area contributed by atoms with Gasteiger partial charge in [0.15, 0.2) is 17.7 Å². The van der Waals surface area contributed by atoms with Crippen molar-refractivity contribution in [1.29, 1.82) is 0 Å². The number of hydrogen-bond donors (Lipinski definition) is 4. The standard InChI is InChI=1S/C15H20N6O5/c16-12-9-13(19-5-18-12)21(6-20-9)14-11(23)10(22)8(26-14)4-25-15(24)7-2-1-3-17-7/h5-8,10-11,14,17,22-23H,1-4H2,(H2,16,18,19)/t7-,8+,10-,11+,14+/m0/s1. The first-order valence-corrected chi connectivity index (χ1v) is 8.41. The number of aliphatic hydroxyl groups excluding tert-OH is 2.